The van der Waals surface area contributed by atoms with Gasteiger partial charge in [-0.2, -0.15) is 0 Å². The predicted octanol–water partition coefficient (Wildman–Crippen LogP) is 1.63. The lowest BCUT2D eigenvalue weighted by molar-refractivity contribution is -0.137. The molecule has 6 nitrogen and oxygen atoms in total. The Morgan fingerprint density at radius 2 is 2.10 bits per heavy atom. The molecule has 110 valence electrons. The van der Waals surface area contributed by atoms with Crippen molar-refractivity contribution in [1.29, 1.82) is 0 Å². The van der Waals surface area contributed by atoms with Gasteiger partial charge in [-0.15, -0.1) is 0 Å². The van der Waals surface area contributed by atoms with Gasteiger partial charge in [-0.05, 0) is 24.5 Å². The molecular weight excluding hydrogens is 262 g/mol. The summed E-state index contributed by atoms with van der Waals surface area (Å²) in [5.74, 6) is -1.19. The highest BCUT2D eigenvalue weighted by Gasteiger charge is 2.15. The van der Waals surface area contributed by atoms with Crippen molar-refractivity contribution in [3.63, 3.8) is 0 Å². The number of carbonyl (C=O) groups excluding carboxylic acids is 1. The maximum absolute atomic E-state index is 11.9. The average molecular weight is 281 g/mol. The third kappa shape index (κ3) is 4.46. The van der Waals surface area contributed by atoms with E-state index in [1.54, 1.807) is 12.1 Å². The second-order valence-electron chi connectivity index (χ2n) is 4.60. The van der Waals surface area contributed by atoms with Crippen molar-refractivity contribution in [3.8, 4) is 11.5 Å². The second-order valence-corrected chi connectivity index (χ2v) is 4.60. The highest BCUT2D eigenvalue weighted by Crippen LogP contribution is 2.29. The standard InChI is InChI=1S/C14H19NO5/c1-9(6-7-12(16)17)8-15-14(19)10-4-3-5-11(20-2)13(10)18/h3-5,9,18H,6-8H2,1-2H3,(H,15,19)(H,16,17). The Balaban J connectivity index is 2.57. The van der Waals surface area contributed by atoms with Gasteiger partial charge in [-0.25, -0.2) is 0 Å². The topological polar surface area (TPSA) is 95.9 Å². The maximum atomic E-state index is 11.9. The number of nitrogens with one attached hydrogen (secondary N) is 1. The number of ether oxygens (including phenoxy) is 1. The number of carboxylic acids is 1. The first-order valence-electron chi connectivity index (χ1n) is 6.31. The number of aromatic hydroxyl groups is 1. The van der Waals surface area contributed by atoms with E-state index in [2.05, 4.69) is 5.32 Å². The number of aliphatic carboxylic acids is 1. The van der Waals surface area contributed by atoms with E-state index in [1.165, 1.54) is 13.2 Å². The van der Waals surface area contributed by atoms with Crippen LogP contribution in [0.3, 0.4) is 0 Å². The summed E-state index contributed by atoms with van der Waals surface area (Å²) in [7, 11) is 1.41. The number of carbonyl (C=O) groups is 2. The lowest BCUT2D eigenvalue weighted by Crippen LogP contribution is -2.28. The zero-order valence-electron chi connectivity index (χ0n) is 11.5. The monoisotopic (exact) mass is 281 g/mol. The van der Waals surface area contributed by atoms with E-state index in [0.29, 0.717) is 13.0 Å². The molecule has 0 aromatic heterocycles. The molecule has 0 aliphatic carbocycles. The Morgan fingerprint density at radius 3 is 2.70 bits per heavy atom. The first-order valence-corrected chi connectivity index (χ1v) is 6.31. The van der Waals surface area contributed by atoms with Crippen LogP contribution in [-0.2, 0) is 4.79 Å². The summed E-state index contributed by atoms with van der Waals surface area (Å²) in [5.41, 5.74) is 0.134. The predicted molar refractivity (Wildman–Crippen MR) is 73.0 cm³/mol. The molecule has 0 bridgehead atoms. The molecule has 1 unspecified atom stereocenters. The first-order chi connectivity index (χ1) is 9.45. The zero-order valence-corrected chi connectivity index (χ0v) is 11.5. The molecule has 1 atom stereocenters. The smallest absolute Gasteiger partial charge is 0.303 e. The Hall–Kier alpha value is -2.24. The van der Waals surface area contributed by atoms with Gasteiger partial charge < -0.3 is 20.3 Å². The van der Waals surface area contributed by atoms with Crippen LogP contribution in [0.1, 0.15) is 30.1 Å². The van der Waals surface area contributed by atoms with Gasteiger partial charge in [0.1, 0.15) is 0 Å². The number of amides is 1. The van der Waals surface area contributed by atoms with Crippen LogP contribution in [0.25, 0.3) is 0 Å². The minimum absolute atomic E-state index is 0.0443. The largest absolute Gasteiger partial charge is 0.504 e. The fourth-order valence-electron chi connectivity index (χ4n) is 1.70. The number of methoxy groups -OCH3 is 1. The van der Waals surface area contributed by atoms with Crippen LogP contribution in [0.15, 0.2) is 18.2 Å². The molecule has 1 aromatic rings. The number of phenolic OH excluding ortho intramolecular Hbond substituents is 1. The third-order valence-electron chi connectivity index (χ3n) is 2.93. The van der Waals surface area contributed by atoms with Gasteiger partial charge in [-0.1, -0.05) is 13.0 Å². The number of para-hydroxylation sites is 1. The normalized spacial score (nSPS) is 11.7. The molecule has 0 saturated carbocycles. The summed E-state index contributed by atoms with van der Waals surface area (Å²) in [4.78, 5) is 22.4. The molecule has 20 heavy (non-hydrogen) atoms. The lowest BCUT2D eigenvalue weighted by Gasteiger charge is -2.13. The van der Waals surface area contributed by atoms with Crippen LogP contribution < -0.4 is 10.1 Å². The number of benzene rings is 1. The van der Waals surface area contributed by atoms with E-state index >= 15 is 0 Å². The molecule has 1 rings (SSSR count). The van der Waals surface area contributed by atoms with Crippen LogP contribution in [0, 0.1) is 5.92 Å². The summed E-state index contributed by atoms with van der Waals surface area (Å²) in [6, 6.07) is 4.66. The van der Waals surface area contributed by atoms with Crippen molar-refractivity contribution in [2.75, 3.05) is 13.7 Å². The van der Waals surface area contributed by atoms with Crippen molar-refractivity contribution in [1.82, 2.24) is 5.32 Å². The highest BCUT2D eigenvalue weighted by atomic mass is 16.5. The van der Waals surface area contributed by atoms with E-state index in [9.17, 15) is 14.7 Å². The van der Waals surface area contributed by atoms with E-state index in [4.69, 9.17) is 9.84 Å². The average Bonchev–Trinajstić information content (AvgIpc) is 2.42. The summed E-state index contributed by atoms with van der Waals surface area (Å²) >= 11 is 0. The molecule has 0 fully saturated rings. The summed E-state index contributed by atoms with van der Waals surface area (Å²) in [6.07, 6.45) is 0.557. The fraction of sp³-hybridized carbons (Fsp3) is 0.429. The molecule has 1 amide bonds. The number of hydrogen-bond donors (Lipinski definition) is 3. The minimum Gasteiger partial charge on any atom is -0.504 e. The molecule has 0 spiro atoms. The molecule has 0 radical (unpaired) electrons. The van der Waals surface area contributed by atoms with Gasteiger partial charge in [0.2, 0.25) is 0 Å². The van der Waals surface area contributed by atoms with Crippen molar-refractivity contribution in [2.45, 2.75) is 19.8 Å². The van der Waals surface area contributed by atoms with Crippen LogP contribution in [0.4, 0.5) is 0 Å². The summed E-state index contributed by atoms with van der Waals surface area (Å²) in [5, 5.41) is 21.1. The quantitative estimate of drug-likeness (QED) is 0.706. The Labute approximate surface area is 117 Å². The molecule has 0 aliphatic heterocycles. The molecule has 1 aromatic carbocycles. The van der Waals surface area contributed by atoms with Crippen molar-refractivity contribution in [2.24, 2.45) is 5.92 Å². The van der Waals surface area contributed by atoms with Crippen LogP contribution >= 0.6 is 0 Å². The van der Waals surface area contributed by atoms with E-state index in [-0.39, 0.29) is 29.4 Å². The molecule has 0 saturated heterocycles. The van der Waals surface area contributed by atoms with Gasteiger partial charge in [0.05, 0.1) is 12.7 Å². The lowest BCUT2D eigenvalue weighted by atomic mass is 10.1. The maximum Gasteiger partial charge on any atom is 0.303 e. The van der Waals surface area contributed by atoms with Crippen molar-refractivity contribution >= 4 is 11.9 Å². The van der Waals surface area contributed by atoms with Crippen molar-refractivity contribution < 1.29 is 24.5 Å². The second kappa shape index (κ2) is 7.37. The number of rotatable bonds is 7. The fourth-order valence-corrected chi connectivity index (χ4v) is 1.70. The van der Waals surface area contributed by atoms with Crippen LogP contribution in [0.2, 0.25) is 0 Å². The Bertz CT molecular complexity index is 486. The number of phenols is 1. The Kier molecular flexibility index (Phi) is 5.83. The van der Waals surface area contributed by atoms with Crippen LogP contribution in [-0.4, -0.2) is 35.7 Å². The van der Waals surface area contributed by atoms with Gasteiger partial charge >= 0.3 is 5.97 Å². The van der Waals surface area contributed by atoms with Gasteiger partial charge in [0, 0.05) is 13.0 Å². The number of hydrogen-bond acceptors (Lipinski definition) is 4. The van der Waals surface area contributed by atoms with Gasteiger partial charge in [-0.3, -0.25) is 9.59 Å². The van der Waals surface area contributed by atoms with Gasteiger partial charge in [0.15, 0.2) is 11.5 Å². The van der Waals surface area contributed by atoms with E-state index < -0.39 is 11.9 Å². The van der Waals surface area contributed by atoms with Crippen LogP contribution in [0.5, 0.6) is 11.5 Å². The third-order valence-corrected chi connectivity index (χ3v) is 2.93. The number of carboxylic acid groups (broad SMARTS) is 1. The molecule has 0 aliphatic rings. The summed E-state index contributed by atoms with van der Waals surface area (Å²) in [6.45, 7) is 2.21. The molecule has 6 heteroatoms. The highest BCUT2D eigenvalue weighted by molar-refractivity contribution is 5.97. The zero-order chi connectivity index (χ0) is 15.1. The van der Waals surface area contributed by atoms with E-state index in [1.807, 2.05) is 6.92 Å². The molecule has 0 heterocycles. The molecule has 3 N–H and O–H groups in total. The van der Waals surface area contributed by atoms with Gasteiger partial charge in [0.25, 0.3) is 5.91 Å². The molecular formula is C14H19NO5. The first kappa shape index (κ1) is 15.8. The minimum atomic E-state index is -0.853. The Morgan fingerprint density at radius 1 is 1.40 bits per heavy atom. The van der Waals surface area contributed by atoms with Crippen molar-refractivity contribution in [3.05, 3.63) is 23.8 Å². The van der Waals surface area contributed by atoms with E-state index in [0.717, 1.165) is 0 Å². The summed E-state index contributed by atoms with van der Waals surface area (Å²) < 4.78 is 4.93. The SMILES string of the molecule is COc1cccc(C(=O)NCC(C)CCC(=O)O)c1O.